The third-order valence-corrected chi connectivity index (χ3v) is 5.22. The Labute approximate surface area is 132 Å². The zero-order valence-corrected chi connectivity index (χ0v) is 13.4. The van der Waals surface area contributed by atoms with E-state index in [1.165, 1.54) is 12.8 Å². The zero-order chi connectivity index (χ0) is 15.6. The highest BCUT2D eigenvalue weighted by Gasteiger charge is 2.46. The molecule has 0 saturated carbocycles. The number of carbonyl (C=O) groups excluding carboxylic acids is 1. The molecule has 0 unspecified atom stereocenters. The van der Waals surface area contributed by atoms with Crippen LogP contribution in [0.1, 0.15) is 38.2 Å². The first-order valence-electron chi connectivity index (χ1n) is 8.45. The van der Waals surface area contributed by atoms with Crippen LogP contribution in [0.3, 0.4) is 0 Å². The number of likely N-dealkylation sites (tertiary alicyclic amines) is 2. The minimum absolute atomic E-state index is 0.00153. The van der Waals surface area contributed by atoms with Crippen LogP contribution in [-0.4, -0.2) is 53.0 Å². The van der Waals surface area contributed by atoms with Crippen molar-refractivity contribution >= 4 is 5.91 Å². The summed E-state index contributed by atoms with van der Waals surface area (Å²) in [4.78, 5) is 16.4. The van der Waals surface area contributed by atoms with Crippen LogP contribution in [0, 0.1) is 0 Å². The molecule has 2 aliphatic heterocycles. The fourth-order valence-electron chi connectivity index (χ4n) is 3.91. The number of hydrogen-bond donors (Lipinski definition) is 1. The van der Waals surface area contributed by atoms with Crippen molar-refractivity contribution in [1.82, 2.24) is 9.80 Å². The second-order valence-corrected chi connectivity index (χ2v) is 6.49. The van der Waals surface area contributed by atoms with Crippen molar-refractivity contribution in [3.8, 4) is 0 Å². The Balaban J connectivity index is 1.89. The fraction of sp³-hybridized carbons (Fsp3) is 0.611. The average Bonchev–Trinajstić information content (AvgIpc) is 3.09. The van der Waals surface area contributed by atoms with Crippen molar-refractivity contribution in [1.29, 1.82) is 0 Å². The summed E-state index contributed by atoms with van der Waals surface area (Å²) in [6.07, 6.45) is 3.52. The molecule has 2 aliphatic rings. The molecule has 2 atom stereocenters. The molecule has 2 heterocycles. The zero-order valence-electron chi connectivity index (χ0n) is 13.4. The van der Waals surface area contributed by atoms with E-state index in [1.807, 2.05) is 42.2 Å². The molecule has 2 saturated heterocycles. The summed E-state index contributed by atoms with van der Waals surface area (Å²) in [6.45, 7) is 5.23. The Morgan fingerprint density at radius 3 is 2.55 bits per heavy atom. The lowest BCUT2D eigenvalue weighted by Gasteiger charge is -2.48. The number of amides is 1. The van der Waals surface area contributed by atoms with Gasteiger partial charge in [-0.25, -0.2) is 0 Å². The van der Waals surface area contributed by atoms with Crippen molar-refractivity contribution in [2.75, 3.05) is 26.2 Å². The topological polar surface area (TPSA) is 43.8 Å². The van der Waals surface area contributed by atoms with Crippen LogP contribution >= 0.6 is 0 Å². The van der Waals surface area contributed by atoms with Gasteiger partial charge < -0.3 is 10.0 Å². The number of benzene rings is 1. The molecular formula is C18H26N2O2. The summed E-state index contributed by atoms with van der Waals surface area (Å²) >= 11 is 0. The smallest absolute Gasteiger partial charge is 0.222 e. The van der Waals surface area contributed by atoms with Crippen molar-refractivity contribution < 1.29 is 9.90 Å². The van der Waals surface area contributed by atoms with Gasteiger partial charge in [-0.3, -0.25) is 9.69 Å². The Kier molecular flexibility index (Phi) is 4.50. The second kappa shape index (κ2) is 6.39. The normalized spacial score (nSPS) is 29.7. The highest BCUT2D eigenvalue weighted by molar-refractivity contribution is 5.76. The first kappa shape index (κ1) is 15.5. The molecule has 1 N–H and O–H groups in total. The van der Waals surface area contributed by atoms with Crippen LogP contribution in [0.15, 0.2) is 30.3 Å². The summed E-state index contributed by atoms with van der Waals surface area (Å²) in [5.74, 6) is 0.194. The van der Waals surface area contributed by atoms with Crippen molar-refractivity contribution in [3.05, 3.63) is 35.9 Å². The quantitative estimate of drug-likeness (QED) is 0.928. The number of hydrogen-bond acceptors (Lipinski definition) is 3. The minimum Gasteiger partial charge on any atom is -0.383 e. The molecule has 0 aromatic heterocycles. The van der Waals surface area contributed by atoms with Crippen molar-refractivity contribution in [3.63, 3.8) is 0 Å². The Bertz CT molecular complexity index is 513. The number of piperidine rings is 1. The van der Waals surface area contributed by atoms with Gasteiger partial charge in [-0.05, 0) is 37.9 Å². The molecule has 4 nitrogen and oxygen atoms in total. The maximum Gasteiger partial charge on any atom is 0.222 e. The van der Waals surface area contributed by atoms with Crippen LogP contribution in [0.2, 0.25) is 0 Å². The largest absolute Gasteiger partial charge is 0.383 e. The predicted molar refractivity (Wildman–Crippen MR) is 86.4 cm³/mol. The van der Waals surface area contributed by atoms with E-state index in [-0.39, 0.29) is 11.9 Å². The molecule has 4 heteroatoms. The van der Waals surface area contributed by atoms with Gasteiger partial charge in [0.2, 0.25) is 5.91 Å². The summed E-state index contributed by atoms with van der Waals surface area (Å²) in [7, 11) is 0. The molecule has 1 aromatic rings. The lowest BCUT2D eigenvalue weighted by atomic mass is 9.79. The summed E-state index contributed by atoms with van der Waals surface area (Å²) < 4.78 is 0. The van der Waals surface area contributed by atoms with Gasteiger partial charge in [-0.15, -0.1) is 0 Å². The highest BCUT2D eigenvalue weighted by Crippen LogP contribution is 2.37. The molecule has 1 amide bonds. The molecule has 0 radical (unpaired) electrons. The number of nitrogens with zero attached hydrogens (tertiary/aromatic N) is 2. The van der Waals surface area contributed by atoms with Gasteiger partial charge in [0.25, 0.3) is 0 Å². The Hall–Kier alpha value is -1.39. The standard InChI is InChI=1S/C18H26N2O2/c1-2-17(21)20-13-10-18(22,15-8-4-3-5-9-15)16(14-20)19-11-6-7-12-19/h3-5,8-9,16,22H,2,6-7,10-14H2,1H3/t16-,18-/m1/s1. The number of carbonyl (C=O) groups is 1. The molecule has 0 spiro atoms. The SMILES string of the molecule is CCC(=O)N1CC[C@@](O)(c2ccccc2)[C@H](N2CCCC2)C1. The van der Waals surface area contributed by atoms with Gasteiger partial charge in [0.15, 0.2) is 0 Å². The van der Waals surface area contributed by atoms with E-state index in [0.29, 0.717) is 25.9 Å². The number of rotatable bonds is 3. The first-order valence-corrected chi connectivity index (χ1v) is 8.45. The molecule has 2 fully saturated rings. The van der Waals surface area contributed by atoms with Gasteiger partial charge in [0.1, 0.15) is 5.60 Å². The summed E-state index contributed by atoms with van der Waals surface area (Å²) in [5, 5.41) is 11.5. The predicted octanol–water partition coefficient (Wildman–Crippen LogP) is 1.98. The van der Waals surface area contributed by atoms with Crippen molar-refractivity contribution in [2.24, 2.45) is 0 Å². The summed E-state index contributed by atoms with van der Waals surface area (Å²) in [6, 6.07) is 9.98. The maximum atomic E-state index is 12.1. The molecule has 0 aliphatic carbocycles. The van der Waals surface area contributed by atoms with Crippen LogP contribution in [-0.2, 0) is 10.4 Å². The highest BCUT2D eigenvalue weighted by atomic mass is 16.3. The first-order chi connectivity index (χ1) is 10.6. The van der Waals surface area contributed by atoms with E-state index in [1.54, 1.807) is 0 Å². The monoisotopic (exact) mass is 302 g/mol. The van der Waals surface area contributed by atoms with Gasteiger partial charge in [-0.2, -0.15) is 0 Å². The van der Waals surface area contributed by atoms with Gasteiger partial charge in [0.05, 0.1) is 6.04 Å². The maximum absolute atomic E-state index is 12.1. The van der Waals surface area contributed by atoms with Gasteiger partial charge in [0, 0.05) is 19.5 Å². The second-order valence-electron chi connectivity index (χ2n) is 6.49. The van der Waals surface area contributed by atoms with Crippen LogP contribution in [0.5, 0.6) is 0 Å². The van der Waals surface area contributed by atoms with Gasteiger partial charge >= 0.3 is 0 Å². The van der Waals surface area contributed by atoms with E-state index >= 15 is 0 Å². The molecule has 0 bridgehead atoms. The van der Waals surface area contributed by atoms with E-state index in [9.17, 15) is 9.90 Å². The van der Waals surface area contributed by atoms with Crippen LogP contribution in [0.25, 0.3) is 0 Å². The molecule has 3 rings (SSSR count). The third kappa shape index (κ3) is 2.77. The molecule has 22 heavy (non-hydrogen) atoms. The average molecular weight is 302 g/mol. The Morgan fingerprint density at radius 2 is 1.91 bits per heavy atom. The molecule has 1 aromatic carbocycles. The van der Waals surface area contributed by atoms with Crippen LogP contribution in [0.4, 0.5) is 0 Å². The number of aliphatic hydroxyl groups is 1. The molecule has 120 valence electrons. The van der Waals surface area contributed by atoms with E-state index in [2.05, 4.69) is 4.90 Å². The molecular weight excluding hydrogens is 276 g/mol. The van der Waals surface area contributed by atoms with E-state index in [4.69, 9.17) is 0 Å². The third-order valence-electron chi connectivity index (χ3n) is 5.22. The van der Waals surface area contributed by atoms with Gasteiger partial charge in [-0.1, -0.05) is 37.3 Å². The van der Waals surface area contributed by atoms with Crippen LogP contribution < -0.4 is 0 Å². The minimum atomic E-state index is -0.851. The van der Waals surface area contributed by atoms with E-state index < -0.39 is 5.60 Å². The summed E-state index contributed by atoms with van der Waals surface area (Å²) in [5.41, 5.74) is 0.131. The lowest BCUT2D eigenvalue weighted by Crippen LogP contribution is -2.61. The Morgan fingerprint density at radius 1 is 1.23 bits per heavy atom. The van der Waals surface area contributed by atoms with Crippen molar-refractivity contribution in [2.45, 2.75) is 44.2 Å². The lowest BCUT2D eigenvalue weighted by molar-refractivity contribution is -0.142. The van der Waals surface area contributed by atoms with E-state index in [0.717, 1.165) is 18.7 Å². The fourth-order valence-corrected chi connectivity index (χ4v) is 3.91.